The zero-order valence-corrected chi connectivity index (χ0v) is 43.2. The summed E-state index contributed by atoms with van der Waals surface area (Å²) in [5, 5.41) is 0. The van der Waals surface area contributed by atoms with Crippen molar-refractivity contribution < 1.29 is 28.6 Å². The van der Waals surface area contributed by atoms with Gasteiger partial charge in [-0.05, 0) is 122 Å². The zero-order valence-electron chi connectivity index (χ0n) is 43.2. The Bertz CT molecular complexity index is 1700. The van der Waals surface area contributed by atoms with Gasteiger partial charge in [-0.25, -0.2) is 0 Å². The van der Waals surface area contributed by atoms with E-state index in [4.69, 9.17) is 14.2 Å². The number of hydrogen-bond acceptors (Lipinski definition) is 6. The molecule has 0 saturated heterocycles. The van der Waals surface area contributed by atoms with E-state index < -0.39 is 18.0 Å². The fourth-order valence-electron chi connectivity index (χ4n) is 6.12. The average molecular weight is 945 g/mol. The molecule has 0 rings (SSSR count). The fourth-order valence-corrected chi connectivity index (χ4v) is 6.12. The maximum absolute atomic E-state index is 12.7. The molecule has 0 amide bonds. The number of carbonyl (C=O) groups excluding carboxylic acids is 3. The van der Waals surface area contributed by atoms with Crippen LogP contribution in [0.1, 0.15) is 175 Å². The largest absolute Gasteiger partial charge is 0.462 e. The molecular weight excluding hydrogens is 853 g/mol. The molecule has 1 atom stereocenters. The summed E-state index contributed by atoms with van der Waals surface area (Å²) in [6.07, 6.45) is 83.5. The van der Waals surface area contributed by atoms with Gasteiger partial charge >= 0.3 is 17.9 Å². The molecule has 0 aliphatic heterocycles. The number of esters is 3. The molecule has 1 unspecified atom stereocenters. The van der Waals surface area contributed by atoms with Crippen molar-refractivity contribution in [3.8, 4) is 0 Å². The van der Waals surface area contributed by atoms with E-state index in [1.54, 1.807) is 6.08 Å². The van der Waals surface area contributed by atoms with Crippen molar-refractivity contribution in [2.45, 2.75) is 181 Å². The predicted octanol–water partition coefficient (Wildman–Crippen LogP) is 17.7. The van der Waals surface area contributed by atoms with Crippen LogP contribution < -0.4 is 0 Å². The van der Waals surface area contributed by atoms with Gasteiger partial charge in [0.25, 0.3) is 0 Å². The van der Waals surface area contributed by atoms with Crippen molar-refractivity contribution >= 4 is 17.9 Å². The third-order valence-electron chi connectivity index (χ3n) is 9.93. The Morgan fingerprint density at radius 1 is 0.304 bits per heavy atom. The summed E-state index contributed by atoms with van der Waals surface area (Å²) in [4.78, 5) is 37.9. The Kier molecular flexibility index (Phi) is 50.7. The Morgan fingerprint density at radius 3 is 0.957 bits per heavy atom. The van der Waals surface area contributed by atoms with Gasteiger partial charge in [0.1, 0.15) is 13.2 Å². The summed E-state index contributed by atoms with van der Waals surface area (Å²) in [7, 11) is 0. The molecule has 0 aromatic carbocycles. The summed E-state index contributed by atoms with van der Waals surface area (Å²) in [5.41, 5.74) is 0. The molecule has 0 aromatic rings. The van der Waals surface area contributed by atoms with E-state index in [9.17, 15) is 14.4 Å². The molecule has 6 nitrogen and oxygen atoms in total. The molecule has 380 valence electrons. The third-order valence-corrected chi connectivity index (χ3v) is 9.93. The van der Waals surface area contributed by atoms with Gasteiger partial charge < -0.3 is 14.2 Å². The van der Waals surface area contributed by atoms with Crippen LogP contribution in [-0.4, -0.2) is 37.2 Å². The van der Waals surface area contributed by atoms with E-state index >= 15 is 0 Å². The molecule has 0 fully saturated rings. The fraction of sp³-hybridized carbons (Fsp3) is 0.476. The second-order valence-electron chi connectivity index (χ2n) is 16.3. The first-order valence-corrected chi connectivity index (χ1v) is 26.3. The Balaban J connectivity index is 4.62. The molecule has 0 saturated carbocycles. The van der Waals surface area contributed by atoms with Gasteiger partial charge in [0, 0.05) is 12.8 Å². The van der Waals surface area contributed by atoms with Crippen LogP contribution in [0, 0.1) is 0 Å². The molecular formula is C63H92O6. The highest BCUT2D eigenvalue weighted by Gasteiger charge is 2.19. The van der Waals surface area contributed by atoms with Crippen LogP contribution in [0.4, 0.5) is 0 Å². The Morgan fingerprint density at radius 2 is 0.594 bits per heavy atom. The average Bonchev–Trinajstić information content (AvgIpc) is 3.35. The lowest BCUT2D eigenvalue weighted by molar-refractivity contribution is -0.166. The van der Waals surface area contributed by atoms with E-state index in [-0.39, 0.29) is 38.4 Å². The number of unbranched alkanes of at least 4 members (excludes halogenated alkanes) is 4. The van der Waals surface area contributed by atoms with Crippen LogP contribution in [0.2, 0.25) is 0 Å². The van der Waals surface area contributed by atoms with Crippen LogP contribution in [-0.2, 0) is 28.6 Å². The molecule has 0 radical (unpaired) electrons. The molecule has 0 N–H and O–H groups in total. The molecule has 0 spiro atoms. The zero-order chi connectivity index (χ0) is 50.0. The topological polar surface area (TPSA) is 78.9 Å². The van der Waals surface area contributed by atoms with Crippen molar-refractivity contribution in [1.29, 1.82) is 0 Å². The van der Waals surface area contributed by atoms with Gasteiger partial charge in [0.2, 0.25) is 0 Å². The van der Waals surface area contributed by atoms with Gasteiger partial charge in [-0.2, -0.15) is 0 Å². The summed E-state index contributed by atoms with van der Waals surface area (Å²) in [5.74, 6) is -1.22. The van der Waals surface area contributed by atoms with Gasteiger partial charge in [-0.1, -0.05) is 216 Å². The minimum absolute atomic E-state index is 0.0658. The molecule has 0 aliphatic rings. The highest BCUT2D eigenvalue weighted by molar-refractivity contribution is 5.72. The second kappa shape index (κ2) is 55.1. The number of rotatable bonds is 44. The third kappa shape index (κ3) is 53.3. The van der Waals surface area contributed by atoms with Crippen molar-refractivity contribution in [3.63, 3.8) is 0 Å². The number of allylic oxidation sites excluding steroid dienone is 29. The smallest absolute Gasteiger partial charge is 0.310 e. The Hall–Kier alpha value is -5.49. The first-order chi connectivity index (χ1) is 34.0. The van der Waals surface area contributed by atoms with E-state index in [1.165, 1.54) is 0 Å². The SMILES string of the molecule is CC/C=C\C/C=C\C/C=C\C/C=C\C/C=C\C/C=C\CCCCCCC(=O)OCC(COC(=O)CC/C=C\C/C=C\C/C=C\C/C=C\CC)OC(=O)C/C=C\C/C=C\C/C=C\C/C=C\C/C=C\CC. The van der Waals surface area contributed by atoms with Crippen molar-refractivity contribution in [1.82, 2.24) is 0 Å². The number of ether oxygens (including phenoxy) is 3. The van der Waals surface area contributed by atoms with Gasteiger partial charge in [0.15, 0.2) is 6.10 Å². The van der Waals surface area contributed by atoms with Crippen molar-refractivity contribution in [2.24, 2.45) is 0 Å². The number of carbonyl (C=O) groups is 3. The van der Waals surface area contributed by atoms with Crippen molar-refractivity contribution in [3.05, 3.63) is 182 Å². The van der Waals surface area contributed by atoms with E-state index in [0.29, 0.717) is 12.8 Å². The van der Waals surface area contributed by atoms with Crippen LogP contribution in [0.5, 0.6) is 0 Å². The quantitative estimate of drug-likeness (QED) is 0.0262. The monoisotopic (exact) mass is 945 g/mol. The standard InChI is InChI=1S/C63H92O6/c1-4-7-10-13-16-19-22-25-27-28-29-30-31-32-33-34-36-38-41-44-47-50-53-56-62(65)68-59-60(58-67-61(64)55-52-49-46-43-40-37-24-21-18-15-12-9-6-3)69-63(66)57-54-51-48-45-42-39-35-26-23-20-17-14-11-8-5-2/h7-12,16-21,25-27,29-30,32-33,35-38,40,42,45-46,49,51,54,60H,4-6,13-15,22-24,28,31,34,39,41,43-44,47-48,50,52-53,55-59H2,1-3H3/b10-7-,11-8-,12-9-,19-16-,20-17-,21-18-,27-25-,30-29-,33-32-,35-26-,38-36-,40-37-,45-42-,49-46-,54-51-. The van der Waals surface area contributed by atoms with Crippen LogP contribution in [0.15, 0.2) is 182 Å². The normalized spacial score (nSPS) is 13.6. The minimum atomic E-state index is -0.882. The number of hydrogen-bond donors (Lipinski definition) is 0. The Labute approximate surface area is 421 Å². The molecule has 0 bridgehead atoms. The lowest BCUT2D eigenvalue weighted by Gasteiger charge is -2.18. The summed E-state index contributed by atoms with van der Waals surface area (Å²) >= 11 is 0. The first-order valence-electron chi connectivity index (χ1n) is 26.3. The molecule has 0 aromatic heterocycles. The van der Waals surface area contributed by atoms with Gasteiger partial charge in [-0.15, -0.1) is 0 Å². The molecule has 0 aliphatic carbocycles. The lowest BCUT2D eigenvalue weighted by atomic mass is 10.1. The van der Waals surface area contributed by atoms with E-state index in [2.05, 4.69) is 179 Å². The highest BCUT2D eigenvalue weighted by atomic mass is 16.6. The highest BCUT2D eigenvalue weighted by Crippen LogP contribution is 2.09. The van der Waals surface area contributed by atoms with E-state index in [1.807, 2.05) is 18.2 Å². The lowest BCUT2D eigenvalue weighted by Crippen LogP contribution is -2.30. The summed E-state index contributed by atoms with van der Waals surface area (Å²) < 4.78 is 16.6. The minimum Gasteiger partial charge on any atom is -0.462 e. The van der Waals surface area contributed by atoms with Gasteiger partial charge in [-0.3, -0.25) is 14.4 Å². The maximum atomic E-state index is 12.7. The second-order valence-corrected chi connectivity index (χ2v) is 16.3. The maximum Gasteiger partial charge on any atom is 0.310 e. The molecule has 69 heavy (non-hydrogen) atoms. The first kappa shape index (κ1) is 63.5. The van der Waals surface area contributed by atoms with Crippen LogP contribution >= 0.6 is 0 Å². The molecule has 6 heteroatoms. The van der Waals surface area contributed by atoms with E-state index in [0.717, 1.165) is 122 Å². The van der Waals surface area contributed by atoms with Crippen LogP contribution in [0.3, 0.4) is 0 Å². The predicted molar refractivity (Wildman–Crippen MR) is 297 cm³/mol. The molecule has 0 heterocycles. The van der Waals surface area contributed by atoms with Crippen LogP contribution in [0.25, 0.3) is 0 Å². The summed E-state index contributed by atoms with van der Waals surface area (Å²) in [6.45, 7) is 6.08. The summed E-state index contributed by atoms with van der Waals surface area (Å²) in [6, 6.07) is 0. The van der Waals surface area contributed by atoms with Gasteiger partial charge in [0.05, 0.1) is 6.42 Å². The van der Waals surface area contributed by atoms with Crippen molar-refractivity contribution in [2.75, 3.05) is 13.2 Å².